The average Bonchev–Trinajstić information content (AvgIpc) is 2.85. The Hall–Kier alpha value is -4.51. The minimum absolute atomic E-state index is 0.0740. The number of benzene rings is 3. The molecule has 33 heavy (non-hydrogen) atoms. The lowest BCUT2D eigenvalue weighted by Gasteiger charge is -2.09. The van der Waals surface area contributed by atoms with Gasteiger partial charge in [0.2, 0.25) is 5.91 Å². The van der Waals surface area contributed by atoms with Gasteiger partial charge in [0.15, 0.2) is 12.4 Å². The summed E-state index contributed by atoms with van der Waals surface area (Å²) in [6.45, 7) is -0.314. The van der Waals surface area contributed by atoms with Crippen molar-refractivity contribution in [2.45, 2.75) is 12.8 Å². The van der Waals surface area contributed by atoms with Crippen molar-refractivity contribution >= 4 is 17.6 Å². The second-order valence-electron chi connectivity index (χ2n) is 7.03. The van der Waals surface area contributed by atoms with Crippen molar-refractivity contribution in [1.82, 2.24) is 10.9 Å². The van der Waals surface area contributed by atoms with Crippen molar-refractivity contribution in [1.29, 1.82) is 5.26 Å². The Morgan fingerprint density at radius 3 is 1.97 bits per heavy atom. The molecule has 0 radical (unpaired) electrons. The normalized spacial score (nSPS) is 10.1. The van der Waals surface area contributed by atoms with Crippen molar-refractivity contribution in [3.63, 3.8) is 0 Å². The molecule has 0 bridgehead atoms. The number of nitrogens with one attached hydrogen (secondary N) is 2. The Balaban J connectivity index is 1.38. The summed E-state index contributed by atoms with van der Waals surface area (Å²) in [6, 6.07) is 21.4. The Kier molecular flexibility index (Phi) is 7.86. The Morgan fingerprint density at radius 2 is 1.36 bits per heavy atom. The Bertz CT molecular complexity index is 1170. The third-order valence-corrected chi connectivity index (χ3v) is 4.66. The van der Waals surface area contributed by atoms with Gasteiger partial charge in [-0.1, -0.05) is 24.3 Å². The highest BCUT2D eigenvalue weighted by molar-refractivity contribution is 5.98. The van der Waals surface area contributed by atoms with Crippen LogP contribution in [-0.4, -0.2) is 24.2 Å². The molecule has 166 valence electrons. The second-order valence-corrected chi connectivity index (χ2v) is 7.03. The monoisotopic (exact) mass is 445 g/mol. The van der Waals surface area contributed by atoms with Crippen molar-refractivity contribution < 1.29 is 23.5 Å². The molecule has 0 aliphatic carbocycles. The summed E-state index contributed by atoms with van der Waals surface area (Å²) >= 11 is 0. The maximum Gasteiger partial charge on any atom is 0.276 e. The molecule has 3 rings (SSSR count). The zero-order valence-electron chi connectivity index (χ0n) is 17.5. The van der Waals surface area contributed by atoms with E-state index in [0.29, 0.717) is 16.9 Å². The minimum Gasteiger partial charge on any atom is -0.484 e. The number of ether oxygens (including phenoxy) is 1. The van der Waals surface area contributed by atoms with Crippen molar-refractivity contribution in [2.24, 2.45) is 0 Å². The fourth-order valence-electron chi connectivity index (χ4n) is 2.87. The molecule has 0 atom stereocenters. The molecule has 0 heterocycles. The van der Waals surface area contributed by atoms with Crippen LogP contribution in [0.5, 0.6) is 5.75 Å². The van der Waals surface area contributed by atoms with Gasteiger partial charge in [-0.3, -0.25) is 25.2 Å². The lowest BCUT2D eigenvalue weighted by atomic mass is 10.0. The van der Waals surface area contributed by atoms with Gasteiger partial charge in [-0.2, -0.15) is 5.26 Å². The molecule has 0 aliphatic rings. The maximum absolute atomic E-state index is 12.9. The van der Waals surface area contributed by atoms with E-state index in [4.69, 9.17) is 10.00 Å². The Morgan fingerprint density at radius 1 is 0.788 bits per heavy atom. The molecule has 0 aromatic heterocycles. The molecule has 0 saturated carbocycles. The third-order valence-electron chi connectivity index (χ3n) is 4.66. The first-order valence-electron chi connectivity index (χ1n) is 10.0. The van der Waals surface area contributed by atoms with Crippen molar-refractivity contribution in [2.75, 3.05) is 6.61 Å². The van der Waals surface area contributed by atoms with Crippen LogP contribution >= 0.6 is 0 Å². The average molecular weight is 445 g/mol. The highest BCUT2D eigenvalue weighted by Gasteiger charge is 2.11. The zero-order chi connectivity index (χ0) is 23.6. The van der Waals surface area contributed by atoms with E-state index in [2.05, 4.69) is 16.9 Å². The molecule has 8 heteroatoms. The van der Waals surface area contributed by atoms with Gasteiger partial charge in [0.05, 0.1) is 11.6 Å². The van der Waals surface area contributed by atoms with E-state index in [-0.39, 0.29) is 25.2 Å². The number of hydrazine groups is 1. The molecular weight excluding hydrogens is 425 g/mol. The molecule has 3 aromatic rings. The number of nitrogens with zero attached hydrogens (tertiary/aromatic N) is 1. The van der Waals surface area contributed by atoms with Gasteiger partial charge in [0, 0.05) is 18.4 Å². The first-order chi connectivity index (χ1) is 15.9. The van der Waals surface area contributed by atoms with E-state index in [9.17, 15) is 18.8 Å². The predicted molar refractivity (Wildman–Crippen MR) is 118 cm³/mol. The number of amides is 2. The summed E-state index contributed by atoms with van der Waals surface area (Å²) in [6.07, 6.45) is -0.205. The first kappa shape index (κ1) is 23.2. The number of halogens is 1. The summed E-state index contributed by atoms with van der Waals surface area (Å²) in [5.74, 6) is -1.38. The molecule has 0 spiro atoms. The fourth-order valence-corrected chi connectivity index (χ4v) is 2.87. The molecule has 7 nitrogen and oxygen atoms in total. The fraction of sp³-hybridized carbons (Fsp3) is 0.120. The van der Waals surface area contributed by atoms with Gasteiger partial charge in [-0.15, -0.1) is 0 Å². The standard InChI is InChI=1S/C25H20FN3O4/c26-21-9-5-20(6-10-21)23(30)13-14-24(31)28-29-25(32)16-33-22-11-7-19(8-12-22)18-3-1-17(15-27)2-4-18/h1-12H,13-14,16H2,(H,28,31)(H,29,32). The maximum atomic E-state index is 12.9. The largest absolute Gasteiger partial charge is 0.484 e. The summed E-state index contributed by atoms with van der Waals surface area (Å²) in [4.78, 5) is 35.7. The minimum atomic E-state index is -0.565. The molecule has 0 fully saturated rings. The summed E-state index contributed by atoms with van der Waals surface area (Å²) in [5.41, 5.74) is 7.21. The summed E-state index contributed by atoms with van der Waals surface area (Å²) in [7, 11) is 0. The van der Waals surface area contributed by atoms with Crippen LogP contribution in [0.4, 0.5) is 4.39 Å². The smallest absolute Gasteiger partial charge is 0.276 e. The molecule has 0 saturated heterocycles. The van der Waals surface area contributed by atoms with E-state index in [1.54, 1.807) is 24.3 Å². The van der Waals surface area contributed by atoms with Crippen LogP contribution in [0.3, 0.4) is 0 Å². The molecule has 0 aliphatic heterocycles. The number of carbonyl (C=O) groups excluding carboxylic acids is 3. The molecule has 3 aromatic carbocycles. The van der Waals surface area contributed by atoms with Gasteiger partial charge >= 0.3 is 0 Å². The van der Waals surface area contributed by atoms with Crippen LogP contribution < -0.4 is 15.6 Å². The molecular formula is C25H20FN3O4. The number of nitriles is 1. The van der Waals surface area contributed by atoms with Crippen LogP contribution in [-0.2, 0) is 9.59 Å². The van der Waals surface area contributed by atoms with Crippen molar-refractivity contribution in [3.8, 4) is 22.9 Å². The lowest BCUT2D eigenvalue weighted by Crippen LogP contribution is -2.43. The highest BCUT2D eigenvalue weighted by Crippen LogP contribution is 2.22. The Labute approximate surface area is 189 Å². The predicted octanol–water partition coefficient (Wildman–Crippen LogP) is 3.55. The van der Waals surface area contributed by atoms with E-state index in [1.807, 2.05) is 24.3 Å². The van der Waals surface area contributed by atoms with Crippen LogP contribution in [0.25, 0.3) is 11.1 Å². The molecule has 0 unspecified atom stereocenters. The molecule has 2 amide bonds. The van der Waals surface area contributed by atoms with Gasteiger partial charge in [0.1, 0.15) is 11.6 Å². The van der Waals surface area contributed by atoms with Gasteiger partial charge in [-0.05, 0) is 59.7 Å². The van der Waals surface area contributed by atoms with E-state index in [0.717, 1.165) is 11.1 Å². The number of hydrogen-bond acceptors (Lipinski definition) is 5. The first-order valence-corrected chi connectivity index (χ1v) is 10.0. The van der Waals surface area contributed by atoms with Crippen LogP contribution in [0.1, 0.15) is 28.8 Å². The lowest BCUT2D eigenvalue weighted by molar-refractivity contribution is -0.130. The van der Waals surface area contributed by atoms with E-state index in [1.165, 1.54) is 24.3 Å². The van der Waals surface area contributed by atoms with Crippen molar-refractivity contribution in [3.05, 3.63) is 89.7 Å². The number of Topliss-reactive ketones (excluding diaryl/α,β-unsaturated/α-hetero) is 1. The second kappa shape index (κ2) is 11.2. The number of ketones is 1. The highest BCUT2D eigenvalue weighted by atomic mass is 19.1. The van der Waals surface area contributed by atoms with E-state index < -0.39 is 17.6 Å². The van der Waals surface area contributed by atoms with Crippen LogP contribution in [0.2, 0.25) is 0 Å². The summed E-state index contributed by atoms with van der Waals surface area (Å²) < 4.78 is 18.3. The quantitative estimate of drug-likeness (QED) is 0.407. The number of rotatable bonds is 8. The van der Waals surface area contributed by atoms with Gasteiger partial charge < -0.3 is 4.74 Å². The topological polar surface area (TPSA) is 108 Å². The van der Waals surface area contributed by atoms with Crippen LogP contribution in [0, 0.1) is 17.1 Å². The third kappa shape index (κ3) is 7.01. The van der Waals surface area contributed by atoms with E-state index >= 15 is 0 Å². The number of hydrogen-bond donors (Lipinski definition) is 2. The summed E-state index contributed by atoms with van der Waals surface area (Å²) in [5, 5.41) is 8.86. The SMILES string of the molecule is N#Cc1ccc(-c2ccc(OCC(=O)NNC(=O)CCC(=O)c3ccc(F)cc3)cc2)cc1. The van der Waals surface area contributed by atoms with Gasteiger partial charge in [0.25, 0.3) is 5.91 Å². The zero-order valence-corrected chi connectivity index (χ0v) is 17.5. The van der Waals surface area contributed by atoms with Gasteiger partial charge in [-0.25, -0.2) is 4.39 Å². The van der Waals surface area contributed by atoms with Crippen LogP contribution in [0.15, 0.2) is 72.8 Å². The number of carbonyl (C=O) groups is 3. The molecule has 2 N–H and O–H groups in total.